The molecular weight excluding hydrogens is 390 g/mol. The number of hydrogen-bond donors (Lipinski definition) is 2. The van der Waals surface area contributed by atoms with Crippen LogP contribution in [0.2, 0.25) is 0 Å². The van der Waals surface area contributed by atoms with Crippen molar-refractivity contribution in [3.8, 4) is 11.6 Å². The van der Waals surface area contributed by atoms with Gasteiger partial charge in [-0.1, -0.05) is 37.7 Å². The van der Waals surface area contributed by atoms with Gasteiger partial charge in [-0.25, -0.2) is 0 Å². The molecule has 0 atom stereocenters. The van der Waals surface area contributed by atoms with Crippen LogP contribution in [0.25, 0.3) is 11.6 Å². The fourth-order valence-corrected chi connectivity index (χ4v) is 3.47. The van der Waals surface area contributed by atoms with Crippen LogP contribution in [0.5, 0.6) is 0 Å². The summed E-state index contributed by atoms with van der Waals surface area (Å²) >= 11 is 1.24. The molecule has 0 saturated carbocycles. The van der Waals surface area contributed by atoms with Crippen LogP contribution >= 0.6 is 11.8 Å². The Bertz CT molecular complexity index is 982. The number of aromatic nitrogens is 3. The Balaban J connectivity index is 1.68. The number of primary amides is 1. The van der Waals surface area contributed by atoms with Gasteiger partial charge in [-0.2, -0.15) is 0 Å². The summed E-state index contributed by atoms with van der Waals surface area (Å²) in [5.41, 5.74) is 7.20. The Morgan fingerprint density at radius 2 is 2.07 bits per heavy atom. The van der Waals surface area contributed by atoms with Crippen LogP contribution in [-0.4, -0.2) is 32.3 Å². The lowest BCUT2D eigenvalue weighted by Gasteiger charge is -2.10. The molecule has 2 aromatic heterocycles. The first-order valence-electron chi connectivity index (χ1n) is 9.22. The van der Waals surface area contributed by atoms with Gasteiger partial charge in [-0.15, -0.1) is 10.2 Å². The van der Waals surface area contributed by atoms with Gasteiger partial charge in [0.05, 0.1) is 12.0 Å². The SMILES string of the molecule is CC(C)c1cccc(NC(=O)CSc2nnc(-c3ccco3)n2CCC(N)=O)c1. The van der Waals surface area contributed by atoms with E-state index in [0.29, 0.717) is 29.2 Å². The minimum absolute atomic E-state index is 0.132. The first kappa shape index (κ1) is 20.7. The molecule has 0 aliphatic carbocycles. The smallest absolute Gasteiger partial charge is 0.234 e. The molecule has 0 aliphatic heterocycles. The Hall–Kier alpha value is -3.07. The number of anilines is 1. The fourth-order valence-electron chi connectivity index (χ4n) is 2.71. The van der Waals surface area contributed by atoms with Crippen LogP contribution in [0.1, 0.15) is 31.7 Å². The highest BCUT2D eigenvalue weighted by Gasteiger charge is 2.18. The molecule has 0 aliphatic rings. The van der Waals surface area contributed by atoms with Gasteiger partial charge in [0.25, 0.3) is 0 Å². The van der Waals surface area contributed by atoms with E-state index in [9.17, 15) is 9.59 Å². The molecule has 0 spiro atoms. The maximum Gasteiger partial charge on any atom is 0.234 e. The predicted molar refractivity (Wildman–Crippen MR) is 111 cm³/mol. The topological polar surface area (TPSA) is 116 Å². The first-order chi connectivity index (χ1) is 13.9. The molecule has 0 saturated heterocycles. The molecule has 3 aromatic rings. The summed E-state index contributed by atoms with van der Waals surface area (Å²) in [5.74, 6) is 0.971. The van der Waals surface area contributed by atoms with Gasteiger partial charge in [-0.3, -0.25) is 14.2 Å². The summed E-state index contributed by atoms with van der Waals surface area (Å²) < 4.78 is 7.12. The minimum Gasteiger partial charge on any atom is -0.461 e. The van der Waals surface area contributed by atoms with E-state index in [4.69, 9.17) is 10.2 Å². The monoisotopic (exact) mass is 413 g/mol. The van der Waals surface area contributed by atoms with Crippen molar-refractivity contribution in [2.24, 2.45) is 5.73 Å². The van der Waals surface area contributed by atoms with Crippen LogP contribution in [0.15, 0.2) is 52.2 Å². The van der Waals surface area contributed by atoms with E-state index in [1.165, 1.54) is 18.0 Å². The maximum atomic E-state index is 12.4. The number of carbonyl (C=O) groups is 2. The maximum absolute atomic E-state index is 12.4. The predicted octanol–water partition coefficient (Wildman–Crippen LogP) is 3.27. The number of nitrogens with one attached hydrogen (secondary N) is 1. The van der Waals surface area contributed by atoms with Gasteiger partial charge in [-0.05, 0) is 35.7 Å². The number of rotatable bonds is 9. The van der Waals surface area contributed by atoms with Crippen LogP contribution < -0.4 is 11.1 Å². The van der Waals surface area contributed by atoms with E-state index in [0.717, 1.165) is 11.3 Å². The average Bonchev–Trinajstić information content (AvgIpc) is 3.34. The zero-order chi connectivity index (χ0) is 20.8. The van der Waals surface area contributed by atoms with Crippen LogP contribution in [-0.2, 0) is 16.1 Å². The Morgan fingerprint density at radius 3 is 2.76 bits per heavy atom. The highest BCUT2D eigenvalue weighted by Crippen LogP contribution is 2.25. The average molecular weight is 414 g/mol. The zero-order valence-corrected chi connectivity index (χ0v) is 17.1. The number of thioether (sulfide) groups is 1. The summed E-state index contributed by atoms with van der Waals surface area (Å²) in [6, 6.07) is 11.3. The summed E-state index contributed by atoms with van der Waals surface area (Å²) in [6.07, 6.45) is 1.67. The summed E-state index contributed by atoms with van der Waals surface area (Å²) in [5, 5.41) is 11.7. The van der Waals surface area contributed by atoms with Crippen LogP contribution in [0.3, 0.4) is 0 Å². The van der Waals surface area contributed by atoms with Crippen molar-refractivity contribution in [2.75, 3.05) is 11.1 Å². The zero-order valence-electron chi connectivity index (χ0n) is 16.3. The molecule has 152 valence electrons. The molecule has 29 heavy (non-hydrogen) atoms. The minimum atomic E-state index is -0.428. The molecule has 2 heterocycles. The standard InChI is InChI=1S/C20H23N5O3S/c1-13(2)14-5-3-6-15(11-14)22-18(27)12-29-20-24-23-19(16-7-4-10-28-16)25(20)9-8-17(21)26/h3-7,10-11,13H,8-9,12H2,1-2H3,(H2,21,26)(H,22,27). The fraction of sp³-hybridized carbons (Fsp3) is 0.300. The third-order valence-corrected chi connectivity index (χ3v) is 5.18. The molecule has 0 fully saturated rings. The summed E-state index contributed by atoms with van der Waals surface area (Å²) in [4.78, 5) is 23.6. The van der Waals surface area contributed by atoms with Crippen LogP contribution in [0, 0.1) is 0 Å². The lowest BCUT2D eigenvalue weighted by atomic mass is 10.0. The highest BCUT2D eigenvalue weighted by molar-refractivity contribution is 7.99. The normalized spacial score (nSPS) is 11.0. The van der Waals surface area contributed by atoms with E-state index >= 15 is 0 Å². The second kappa shape index (κ2) is 9.42. The third kappa shape index (κ3) is 5.47. The van der Waals surface area contributed by atoms with E-state index in [1.54, 1.807) is 16.7 Å². The number of furan rings is 1. The van der Waals surface area contributed by atoms with Gasteiger partial charge in [0.2, 0.25) is 11.8 Å². The summed E-state index contributed by atoms with van der Waals surface area (Å²) in [7, 11) is 0. The van der Waals surface area contributed by atoms with Crippen molar-refractivity contribution in [1.82, 2.24) is 14.8 Å². The molecule has 1 aromatic carbocycles. The Labute approximate surface area is 172 Å². The lowest BCUT2D eigenvalue weighted by Crippen LogP contribution is -2.16. The van der Waals surface area contributed by atoms with Crippen molar-refractivity contribution in [3.63, 3.8) is 0 Å². The van der Waals surface area contributed by atoms with Crippen molar-refractivity contribution >= 4 is 29.3 Å². The number of benzene rings is 1. The molecule has 0 bridgehead atoms. The molecule has 9 heteroatoms. The Kier molecular flexibility index (Phi) is 6.71. The van der Waals surface area contributed by atoms with E-state index in [-0.39, 0.29) is 18.1 Å². The van der Waals surface area contributed by atoms with E-state index in [2.05, 4.69) is 29.4 Å². The van der Waals surface area contributed by atoms with Crippen LogP contribution in [0.4, 0.5) is 5.69 Å². The molecule has 0 unspecified atom stereocenters. The second-order valence-corrected chi connectivity index (χ2v) is 7.71. The van der Waals surface area contributed by atoms with Crippen molar-refractivity contribution in [3.05, 3.63) is 48.2 Å². The van der Waals surface area contributed by atoms with Gasteiger partial charge in [0, 0.05) is 18.7 Å². The molecule has 8 nitrogen and oxygen atoms in total. The first-order valence-corrected chi connectivity index (χ1v) is 10.2. The van der Waals surface area contributed by atoms with Crippen molar-refractivity contribution in [1.29, 1.82) is 0 Å². The molecular formula is C20H23N5O3S. The highest BCUT2D eigenvalue weighted by atomic mass is 32.2. The third-order valence-electron chi connectivity index (χ3n) is 4.21. The molecule has 3 rings (SSSR count). The second-order valence-electron chi connectivity index (χ2n) is 6.77. The van der Waals surface area contributed by atoms with E-state index < -0.39 is 5.91 Å². The van der Waals surface area contributed by atoms with E-state index in [1.807, 2.05) is 24.3 Å². The number of carbonyl (C=O) groups excluding carboxylic acids is 2. The largest absolute Gasteiger partial charge is 0.461 e. The number of nitrogens with two attached hydrogens (primary N) is 1. The number of hydrogen-bond acceptors (Lipinski definition) is 6. The van der Waals surface area contributed by atoms with Gasteiger partial charge < -0.3 is 15.5 Å². The van der Waals surface area contributed by atoms with Gasteiger partial charge in [0.1, 0.15) is 0 Å². The number of nitrogens with zero attached hydrogens (tertiary/aromatic N) is 3. The van der Waals surface area contributed by atoms with Gasteiger partial charge in [0.15, 0.2) is 16.7 Å². The lowest BCUT2D eigenvalue weighted by molar-refractivity contribution is -0.118. The van der Waals surface area contributed by atoms with Gasteiger partial charge >= 0.3 is 0 Å². The molecule has 0 radical (unpaired) electrons. The van der Waals surface area contributed by atoms with Crippen molar-refractivity contribution in [2.45, 2.75) is 37.9 Å². The molecule has 2 amide bonds. The Morgan fingerprint density at radius 1 is 1.24 bits per heavy atom. The molecule has 3 N–H and O–H groups in total. The number of amides is 2. The summed E-state index contributed by atoms with van der Waals surface area (Å²) in [6.45, 7) is 4.51. The quantitative estimate of drug-likeness (QED) is 0.520. The van der Waals surface area contributed by atoms with Crippen molar-refractivity contribution < 1.29 is 14.0 Å².